The molecule has 8 rings (SSSR count). The van der Waals surface area contributed by atoms with Crippen molar-refractivity contribution >= 4 is 42.5 Å². The van der Waals surface area contributed by atoms with E-state index in [1.807, 2.05) is 0 Å². The summed E-state index contributed by atoms with van der Waals surface area (Å²) in [4.78, 5) is 0. The van der Waals surface area contributed by atoms with Gasteiger partial charge in [0.25, 0.3) is 0 Å². The third-order valence-electron chi connectivity index (χ3n) is 12.3. The number of hydrogen-bond donors (Lipinski definition) is 0. The molecular formula is C45H54Cl2O2Si3Zr. The van der Waals surface area contributed by atoms with E-state index in [1.165, 1.54) is 64.3 Å². The van der Waals surface area contributed by atoms with Gasteiger partial charge in [-0.3, -0.25) is 0 Å². The molecule has 0 spiro atoms. The van der Waals surface area contributed by atoms with Gasteiger partial charge < -0.3 is 0 Å². The Hall–Kier alpha value is -1.93. The van der Waals surface area contributed by atoms with Gasteiger partial charge in [-0.05, 0) is 0 Å². The van der Waals surface area contributed by atoms with Crippen molar-refractivity contribution in [1.29, 1.82) is 0 Å². The van der Waals surface area contributed by atoms with Crippen molar-refractivity contribution in [3.05, 3.63) is 152 Å². The van der Waals surface area contributed by atoms with Gasteiger partial charge in [0.2, 0.25) is 0 Å². The Morgan fingerprint density at radius 3 is 1.79 bits per heavy atom. The molecule has 6 aliphatic rings. The first-order valence-corrected chi connectivity index (χ1v) is 37.5. The first-order chi connectivity index (χ1) is 25.1. The van der Waals surface area contributed by atoms with Crippen LogP contribution in [0.3, 0.4) is 0 Å². The third kappa shape index (κ3) is 6.44. The first kappa shape index (κ1) is 38.0. The summed E-state index contributed by atoms with van der Waals surface area (Å²) in [6.07, 6.45) is 23.6. The van der Waals surface area contributed by atoms with Gasteiger partial charge in [-0.1, -0.05) is 0 Å². The fourth-order valence-corrected chi connectivity index (χ4v) is 33.5. The molecule has 8 heteroatoms. The van der Waals surface area contributed by atoms with E-state index in [9.17, 15) is 0 Å². The summed E-state index contributed by atoms with van der Waals surface area (Å²) < 4.78 is 12.6. The number of halogens is 2. The van der Waals surface area contributed by atoms with Gasteiger partial charge in [-0.15, -0.1) is 0 Å². The van der Waals surface area contributed by atoms with E-state index in [4.69, 9.17) is 25.9 Å². The zero-order valence-corrected chi connectivity index (χ0v) is 39.8. The quantitative estimate of drug-likeness (QED) is 0.269. The molecule has 2 aromatic rings. The first-order valence-electron chi connectivity index (χ1n) is 19.7. The molecule has 2 aromatic carbocycles. The molecular weight excluding hydrogens is 819 g/mol. The molecule has 0 aromatic heterocycles. The number of allylic oxidation sites excluding steroid dienone is 16. The van der Waals surface area contributed by atoms with Crippen LogP contribution in [0.15, 0.2) is 141 Å². The van der Waals surface area contributed by atoms with Crippen LogP contribution in [0, 0.1) is 0 Å². The number of benzene rings is 2. The molecule has 4 aliphatic carbocycles. The summed E-state index contributed by atoms with van der Waals surface area (Å²) >= 11 is -4.30. The summed E-state index contributed by atoms with van der Waals surface area (Å²) in [5.74, 6) is 2.24. The van der Waals surface area contributed by atoms with Gasteiger partial charge in [-0.2, -0.15) is 0 Å². The summed E-state index contributed by atoms with van der Waals surface area (Å²) in [6, 6.07) is 19.3. The van der Waals surface area contributed by atoms with E-state index < -0.39 is 43.3 Å². The minimum atomic E-state index is -4.30. The van der Waals surface area contributed by atoms with E-state index >= 15 is 0 Å². The number of fused-ring (bicyclic) bond motifs is 4. The van der Waals surface area contributed by atoms with Crippen LogP contribution in [0.1, 0.15) is 62.5 Å². The predicted molar refractivity (Wildman–Crippen MR) is 231 cm³/mol. The van der Waals surface area contributed by atoms with Crippen LogP contribution in [-0.4, -0.2) is 25.4 Å². The van der Waals surface area contributed by atoms with Crippen molar-refractivity contribution in [2.24, 2.45) is 0 Å². The summed E-state index contributed by atoms with van der Waals surface area (Å²) in [5.41, 5.74) is 11.6. The topological polar surface area (TPSA) is 18.5 Å². The fourth-order valence-electron chi connectivity index (χ4n) is 10.5. The standard InChI is InChI=1S/C45H54O2Si3.2ClH.Zr/c1-31-30-35-16-11-12-18-39(33-21-25-36(26-22-33)46-49(3,4)5)42(35)44(31)48-29-15-9-10-17-38-32(2)45(48)43-40(19-13-14-20-41(38)43)34-23-27-37(28-24-34)47-50(6,7)8;;;/h11-14,16,18-28,30,39-40,48H,9-10,15,17,29H2,1-8H3;2*1H;/q;;;+2/p-2. The zero-order chi connectivity index (χ0) is 37.5. The third-order valence-corrected chi connectivity index (χ3v) is 32.9. The van der Waals surface area contributed by atoms with E-state index in [0.717, 1.165) is 17.9 Å². The van der Waals surface area contributed by atoms with Gasteiger partial charge in [0.15, 0.2) is 0 Å². The maximum atomic E-state index is 8.50. The zero-order valence-electron chi connectivity index (χ0n) is 32.7. The van der Waals surface area contributed by atoms with Crippen molar-refractivity contribution in [2.75, 3.05) is 0 Å². The van der Waals surface area contributed by atoms with Crippen LogP contribution in [-0.2, 0) is 17.9 Å². The molecule has 0 saturated carbocycles. The van der Waals surface area contributed by atoms with E-state index in [-0.39, 0.29) is 18.6 Å². The Kier molecular flexibility index (Phi) is 9.97. The monoisotopic (exact) mass is 870 g/mol. The van der Waals surface area contributed by atoms with Crippen molar-refractivity contribution in [2.45, 2.75) is 103 Å². The summed E-state index contributed by atoms with van der Waals surface area (Å²) in [7, 11) is 11.8. The normalized spacial score (nSPS) is 28.9. The Labute approximate surface area is 333 Å². The van der Waals surface area contributed by atoms with E-state index in [0.29, 0.717) is 0 Å². The molecule has 0 radical (unpaired) electrons. The second-order valence-electron chi connectivity index (χ2n) is 18.0. The maximum absolute atomic E-state index is 8.50. The van der Waals surface area contributed by atoms with Gasteiger partial charge in [0.1, 0.15) is 0 Å². The number of hydrogen-bond acceptors (Lipinski definition) is 2. The molecule has 0 saturated heterocycles. The van der Waals surface area contributed by atoms with Gasteiger partial charge >= 0.3 is 336 Å². The molecule has 2 nitrogen and oxygen atoms in total. The summed E-state index contributed by atoms with van der Waals surface area (Å²) in [5, 5.41) is 3.33. The Morgan fingerprint density at radius 2 is 1.23 bits per heavy atom. The second kappa shape index (κ2) is 13.9. The average Bonchev–Trinajstić information content (AvgIpc) is 3.29. The van der Waals surface area contributed by atoms with Gasteiger partial charge in [-0.25, -0.2) is 0 Å². The van der Waals surface area contributed by atoms with Crippen molar-refractivity contribution in [3.8, 4) is 11.5 Å². The van der Waals surface area contributed by atoms with Crippen molar-refractivity contribution in [3.63, 3.8) is 0 Å². The van der Waals surface area contributed by atoms with E-state index in [1.54, 1.807) is 16.0 Å². The molecule has 0 N–H and O–H groups in total. The molecule has 0 amide bonds. The fraction of sp³-hybridized carbons (Fsp3) is 0.378. The predicted octanol–water partition coefficient (Wildman–Crippen LogP) is 13.8. The van der Waals surface area contributed by atoms with E-state index in [2.05, 4.69) is 150 Å². The van der Waals surface area contributed by atoms with Crippen LogP contribution in [0.5, 0.6) is 11.5 Å². The minimum absolute atomic E-state index is 0.114. The Bertz CT molecular complexity index is 2090. The second-order valence-corrected chi connectivity index (χ2v) is 44.4. The molecule has 2 aliphatic heterocycles. The Morgan fingerprint density at radius 1 is 0.679 bits per heavy atom. The molecule has 0 fully saturated rings. The van der Waals surface area contributed by atoms with Crippen molar-refractivity contribution < 1.29 is 26.7 Å². The average molecular weight is 873 g/mol. The molecule has 5 atom stereocenters. The van der Waals surface area contributed by atoms with Crippen LogP contribution >= 0.6 is 17.0 Å². The number of rotatable bonds is 6. The van der Waals surface area contributed by atoms with Crippen LogP contribution in [0.4, 0.5) is 0 Å². The van der Waals surface area contributed by atoms with Gasteiger partial charge in [0, 0.05) is 0 Å². The van der Waals surface area contributed by atoms with Crippen LogP contribution in [0.2, 0.25) is 52.1 Å². The molecule has 5 unspecified atom stereocenters. The van der Waals surface area contributed by atoms with Crippen molar-refractivity contribution in [1.82, 2.24) is 0 Å². The molecule has 276 valence electrons. The molecule has 53 heavy (non-hydrogen) atoms. The van der Waals surface area contributed by atoms with Crippen LogP contribution in [0.25, 0.3) is 0 Å². The van der Waals surface area contributed by atoms with Crippen LogP contribution < -0.4 is 8.85 Å². The SMILES string of the molecule is CC1=C2C3=C(C=CC=CC3c3ccc(O[Si](C)(C)C)cc3)[CH]1[Zr]([Cl])([Cl])[C]13CCCCC[SiH]2C(=C1C)C1=C3C=CC=CC1c1ccc(O[Si](C)(C)C)cc1. The molecule has 5 bridgehead atoms. The Balaban J connectivity index is 1.32. The summed E-state index contributed by atoms with van der Waals surface area (Å²) in [6.45, 7) is 18.4. The van der Waals surface area contributed by atoms with Gasteiger partial charge in [0.05, 0.1) is 0 Å². The molecule has 2 heterocycles.